The first kappa shape index (κ1) is 15.5. The first-order valence-corrected chi connectivity index (χ1v) is 7.76. The van der Waals surface area contributed by atoms with Crippen molar-refractivity contribution in [3.05, 3.63) is 17.0 Å². The maximum atomic E-state index is 6.25. The lowest BCUT2D eigenvalue weighted by Gasteiger charge is -2.49. The fourth-order valence-electron chi connectivity index (χ4n) is 3.02. The molecule has 0 amide bonds. The van der Waals surface area contributed by atoms with Crippen LogP contribution >= 0.6 is 11.6 Å². The number of hydrogen-bond acceptors (Lipinski definition) is 4. The van der Waals surface area contributed by atoms with E-state index in [2.05, 4.69) is 47.8 Å². The maximum absolute atomic E-state index is 6.25. The van der Waals surface area contributed by atoms with Gasteiger partial charge in [-0.3, -0.25) is 0 Å². The van der Waals surface area contributed by atoms with Crippen LogP contribution < -0.4 is 4.90 Å². The summed E-state index contributed by atoms with van der Waals surface area (Å²) in [6.07, 6.45) is 7.37. The van der Waals surface area contributed by atoms with Gasteiger partial charge in [0.15, 0.2) is 0 Å². The first-order chi connectivity index (χ1) is 9.50. The van der Waals surface area contributed by atoms with Crippen LogP contribution in [0.5, 0.6) is 0 Å². The lowest BCUT2D eigenvalue weighted by Crippen LogP contribution is -2.57. The van der Waals surface area contributed by atoms with Gasteiger partial charge in [-0.05, 0) is 39.8 Å². The fourth-order valence-corrected chi connectivity index (χ4v) is 3.25. The smallest absolute Gasteiger partial charge is 0.137 e. The van der Waals surface area contributed by atoms with E-state index in [1.807, 2.05) is 0 Å². The molecular weight excluding hydrogens is 272 g/mol. The Balaban J connectivity index is 2.21. The third-order valence-electron chi connectivity index (χ3n) is 4.50. The van der Waals surface area contributed by atoms with Crippen LogP contribution in [0.2, 0.25) is 5.15 Å². The van der Waals surface area contributed by atoms with Gasteiger partial charge in [0, 0.05) is 24.7 Å². The SMILES string of the molecule is CCCc1c(Cl)ncnc1N(C)CC1(N(C)C)CCC1. The molecule has 0 spiro atoms. The molecule has 1 aromatic rings. The summed E-state index contributed by atoms with van der Waals surface area (Å²) in [5.41, 5.74) is 1.36. The summed E-state index contributed by atoms with van der Waals surface area (Å²) >= 11 is 6.25. The van der Waals surface area contributed by atoms with Gasteiger partial charge in [0.1, 0.15) is 17.3 Å². The topological polar surface area (TPSA) is 32.3 Å². The lowest BCUT2D eigenvalue weighted by atomic mass is 9.75. The Morgan fingerprint density at radius 2 is 1.95 bits per heavy atom. The van der Waals surface area contributed by atoms with Crippen LogP contribution in [0.3, 0.4) is 0 Å². The van der Waals surface area contributed by atoms with Crippen molar-refractivity contribution < 1.29 is 0 Å². The standard InChI is InChI=1S/C15H25ClN4/c1-5-7-12-13(16)17-11-18-14(12)20(4)10-15(19(2)3)8-6-9-15/h11H,5-10H2,1-4H3. The molecule has 0 aromatic carbocycles. The minimum absolute atomic E-state index is 0.287. The minimum atomic E-state index is 0.287. The predicted molar refractivity (Wildman–Crippen MR) is 84.6 cm³/mol. The van der Waals surface area contributed by atoms with Crippen LogP contribution in [-0.4, -0.2) is 48.1 Å². The first-order valence-electron chi connectivity index (χ1n) is 7.38. The van der Waals surface area contributed by atoms with E-state index >= 15 is 0 Å². The molecule has 0 atom stereocenters. The van der Waals surface area contributed by atoms with E-state index in [4.69, 9.17) is 11.6 Å². The molecule has 0 unspecified atom stereocenters. The van der Waals surface area contributed by atoms with Gasteiger partial charge in [0.25, 0.3) is 0 Å². The minimum Gasteiger partial charge on any atom is -0.357 e. The summed E-state index contributed by atoms with van der Waals surface area (Å²) in [7, 11) is 6.46. The summed E-state index contributed by atoms with van der Waals surface area (Å²) in [4.78, 5) is 13.2. The van der Waals surface area contributed by atoms with E-state index in [-0.39, 0.29) is 5.54 Å². The normalized spacial score (nSPS) is 17.1. The molecule has 1 heterocycles. The number of likely N-dealkylation sites (N-methyl/N-ethyl adjacent to an activating group) is 2. The van der Waals surface area contributed by atoms with Crippen LogP contribution in [0.25, 0.3) is 0 Å². The number of hydrogen-bond donors (Lipinski definition) is 0. The van der Waals surface area contributed by atoms with E-state index in [0.29, 0.717) is 5.15 Å². The highest BCUT2D eigenvalue weighted by molar-refractivity contribution is 6.30. The van der Waals surface area contributed by atoms with E-state index in [1.165, 1.54) is 19.3 Å². The molecule has 0 bridgehead atoms. The van der Waals surface area contributed by atoms with Crippen molar-refractivity contribution in [2.24, 2.45) is 0 Å². The number of rotatable bonds is 6. The second kappa shape index (κ2) is 6.27. The molecule has 5 heteroatoms. The molecule has 4 nitrogen and oxygen atoms in total. The van der Waals surface area contributed by atoms with Gasteiger partial charge in [0.2, 0.25) is 0 Å². The Bertz CT molecular complexity index is 457. The molecule has 1 fully saturated rings. The lowest BCUT2D eigenvalue weighted by molar-refractivity contribution is 0.0681. The van der Waals surface area contributed by atoms with Crippen LogP contribution in [0.1, 0.15) is 38.2 Å². The number of nitrogens with zero attached hydrogens (tertiary/aromatic N) is 4. The second-order valence-electron chi connectivity index (χ2n) is 6.05. The molecule has 0 radical (unpaired) electrons. The molecule has 1 aromatic heterocycles. The highest BCUT2D eigenvalue weighted by Crippen LogP contribution is 2.38. The third-order valence-corrected chi connectivity index (χ3v) is 4.82. The fraction of sp³-hybridized carbons (Fsp3) is 0.733. The predicted octanol–water partition coefficient (Wildman–Crippen LogP) is 3.00. The van der Waals surface area contributed by atoms with Gasteiger partial charge >= 0.3 is 0 Å². The average molecular weight is 297 g/mol. The van der Waals surface area contributed by atoms with Gasteiger partial charge in [0.05, 0.1) is 0 Å². The Morgan fingerprint density at radius 3 is 2.45 bits per heavy atom. The summed E-state index contributed by atoms with van der Waals surface area (Å²) in [5.74, 6) is 0.986. The van der Waals surface area contributed by atoms with Crippen molar-refractivity contribution in [3.8, 4) is 0 Å². The largest absolute Gasteiger partial charge is 0.357 e. The Labute approximate surface area is 127 Å². The zero-order valence-corrected chi connectivity index (χ0v) is 13.7. The highest BCUT2D eigenvalue weighted by atomic mass is 35.5. The Morgan fingerprint density at radius 1 is 1.25 bits per heavy atom. The van der Waals surface area contributed by atoms with E-state index in [0.717, 1.165) is 30.8 Å². The third kappa shape index (κ3) is 2.91. The van der Waals surface area contributed by atoms with Gasteiger partial charge < -0.3 is 9.80 Å². The monoisotopic (exact) mass is 296 g/mol. The maximum Gasteiger partial charge on any atom is 0.137 e. The van der Waals surface area contributed by atoms with Crippen molar-refractivity contribution >= 4 is 17.4 Å². The molecule has 1 saturated carbocycles. The summed E-state index contributed by atoms with van der Waals surface area (Å²) in [6.45, 7) is 3.14. The van der Waals surface area contributed by atoms with E-state index in [9.17, 15) is 0 Å². The zero-order chi connectivity index (χ0) is 14.8. The zero-order valence-electron chi connectivity index (χ0n) is 13.0. The molecule has 2 rings (SSSR count). The average Bonchev–Trinajstić information content (AvgIpc) is 2.35. The van der Waals surface area contributed by atoms with Crippen molar-refractivity contribution in [2.75, 3.05) is 32.6 Å². The molecule has 1 aliphatic carbocycles. The Kier molecular flexibility index (Phi) is 4.86. The van der Waals surface area contributed by atoms with Crippen LogP contribution in [-0.2, 0) is 6.42 Å². The van der Waals surface area contributed by atoms with Gasteiger partial charge in [-0.25, -0.2) is 9.97 Å². The van der Waals surface area contributed by atoms with Crippen LogP contribution in [0.15, 0.2) is 6.33 Å². The van der Waals surface area contributed by atoms with Crippen molar-refractivity contribution in [2.45, 2.75) is 44.6 Å². The molecule has 112 valence electrons. The van der Waals surface area contributed by atoms with E-state index < -0.39 is 0 Å². The molecule has 20 heavy (non-hydrogen) atoms. The molecular formula is C15H25ClN4. The summed E-state index contributed by atoms with van der Waals surface area (Å²) in [5, 5.41) is 0.594. The van der Waals surface area contributed by atoms with Gasteiger partial charge in [-0.2, -0.15) is 0 Å². The number of halogens is 1. The van der Waals surface area contributed by atoms with E-state index in [1.54, 1.807) is 6.33 Å². The molecule has 0 aliphatic heterocycles. The summed E-state index contributed by atoms with van der Waals surface area (Å²) in [6, 6.07) is 0. The molecule has 0 saturated heterocycles. The van der Waals surface area contributed by atoms with Gasteiger partial charge in [-0.15, -0.1) is 0 Å². The summed E-state index contributed by atoms with van der Waals surface area (Å²) < 4.78 is 0. The highest BCUT2D eigenvalue weighted by Gasteiger charge is 2.40. The van der Waals surface area contributed by atoms with Crippen molar-refractivity contribution in [1.29, 1.82) is 0 Å². The van der Waals surface area contributed by atoms with Crippen molar-refractivity contribution in [1.82, 2.24) is 14.9 Å². The van der Waals surface area contributed by atoms with Crippen LogP contribution in [0.4, 0.5) is 5.82 Å². The number of aromatic nitrogens is 2. The van der Waals surface area contributed by atoms with Crippen molar-refractivity contribution in [3.63, 3.8) is 0 Å². The Hall–Kier alpha value is -0.870. The van der Waals surface area contributed by atoms with Gasteiger partial charge in [-0.1, -0.05) is 24.9 Å². The molecule has 1 aliphatic rings. The van der Waals surface area contributed by atoms with Crippen LogP contribution in [0, 0.1) is 0 Å². The second-order valence-corrected chi connectivity index (χ2v) is 6.40. The quantitative estimate of drug-likeness (QED) is 0.756. The molecule has 0 N–H and O–H groups in total. The number of anilines is 1.